The third-order valence-electron chi connectivity index (χ3n) is 9.83. The lowest BCUT2D eigenvalue weighted by Crippen LogP contribution is -1.93. The maximum absolute atomic E-state index is 6.78. The second-order valence-electron chi connectivity index (χ2n) is 12.8. The molecule has 0 saturated carbocycles. The molecule has 0 saturated heterocycles. The number of benzene rings is 5. The summed E-state index contributed by atoms with van der Waals surface area (Å²) in [4.78, 5) is 0. The first-order valence-electron chi connectivity index (χ1n) is 17.4. The maximum Gasteiger partial charge on any atom is 0.143 e. The summed E-state index contributed by atoms with van der Waals surface area (Å²) in [6, 6.07) is 40.7. The Balaban J connectivity index is 1.27. The highest BCUT2D eigenvalue weighted by atomic mass is 16.3. The zero-order chi connectivity index (χ0) is 34.3. The summed E-state index contributed by atoms with van der Waals surface area (Å²) < 4.78 is 15.7. The standard InChI is InChI=1S/C48H35NO2/c1-3-5-8-21-36(32-17-9-6-10-18-32)48-47(38-23-14-16-25-44(38)51-48)46-40-31-34(27-29-45(40)50-43(46)4-2)33-26-28-42-39(30-33)37-22-13-15-24-41(37)49(42)35-19-11-7-12-20-35/h3-5,7-9,11-31H,1-2,6,10H2/b8-5+,36-21+. The van der Waals surface area contributed by atoms with Gasteiger partial charge in [-0.1, -0.05) is 122 Å². The zero-order valence-electron chi connectivity index (χ0n) is 28.2. The molecule has 244 valence electrons. The molecule has 0 N–H and O–H groups in total. The summed E-state index contributed by atoms with van der Waals surface area (Å²) in [5.41, 5.74) is 11.5. The molecule has 51 heavy (non-hydrogen) atoms. The average molecular weight is 658 g/mol. The first-order chi connectivity index (χ1) is 25.2. The molecule has 0 radical (unpaired) electrons. The molecule has 0 atom stereocenters. The van der Waals surface area contributed by atoms with Crippen molar-refractivity contribution in [3.8, 4) is 27.9 Å². The predicted molar refractivity (Wildman–Crippen MR) is 215 cm³/mol. The molecule has 0 unspecified atom stereocenters. The van der Waals surface area contributed by atoms with Crippen LogP contribution < -0.4 is 0 Å². The number of allylic oxidation sites excluding steroid dienone is 9. The molecule has 3 heterocycles. The third kappa shape index (κ3) is 5.14. The zero-order valence-corrected chi connectivity index (χ0v) is 28.2. The molecule has 0 spiro atoms. The van der Waals surface area contributed by atoms with Gasteiger partial charge in [0, 0.05) is 43.9 Å². The summed E-state index contributed by atoms with van der Waals surface area (Å²) in [7, 11) is 0. The average Bonchev–Trinajstić information content (AvgIpc) is 3.85. The largest absolute Gasteiger partial charge is 0.456 e. The number of hydrogen-bond donors (Lipinski definition) is 0. The van der Waals surface area contributed by atoms with Crippen LogP contribution in [0.4, 0.5) is 0 Å². The van der Waals surface area contributed by atoms with Crippen molar-refractivity contribution in [1.82, 2.24) is 4.57 Å². The Bertz CT molecular complexity index is 2770. The van der Waals surface area contributed by atoms with E-state index in [4.69, 9.17) is 8.83 Å². The number of furan rings is 2. The minimum absolute atomic E-state index is 0.713. The van der Waals surface area contributed by atoms with Gasteiger partial charge >= 0.3 is 0 Å². The molecule has 5 aromatic carbocycles. The van der Waals surface area contributed by atoms with Crippen molar-refractivity contribution in [3.63, 3.8) is 0 Å². The van der Waals surface area contributed by atoms with Crippen LogP contribution in [0.15, 0.2) is 185 Å². The van der Waals surface area contributed by atoms with E-state index in [9.17, 15) is 0 Å². The summed E-state index contributed by atoms with van der Waals surface area (Å²) in [5, 5.41) is 4.47. The van der Waals surface area contributed by atoms with E-state index in [0.29, 0.717) is 5.76 Å². The fourth-order valence-electron chi connectivity index (χ4n) is 7.54. The Labute approximate surface area is 296 Å². The van der Waals surface area contributed by atoms with Crippen molar-refractivity contribution in [2.45, 2.75) is 12.8 Å². The van der Waals surface area contributed by atoms with Gasteiger partial charge in [0.1, 0.15) is 22.7 Å². The van der Waals surface area contributed by atoms with Gasteiger partial charge in [-0.25, -0.2) is 0 Å². The quantitative estimate of drug-likeness (QED) is 0.152. The maximum atomic E-state index is 6.78. The van der Waals surface area contributed by atoms with Gasteiger partial charge in [-0.2, -0.15) is 0 Å². The fraction of sp³-hybridized carbons (Fsp3) is 0.0417. The molecular weight excluding hydrogens is 623 g/mol. The summed E-state index contributed by atoms with van der Waals surface area (Å²) in [6.07, 6.45) is 18.4. The fourth-order valence-corrected chi connectivity index (χ4v) is 7.54. The predicted octanol–water partition coefficient (Wildman–Crippen LogP) is 13.7. The van der Waals surface area contributed by atoms with Gasteiger partial charge in [-0.3, -0.25) is 0 Å². The normalized spacial score (nSPS) is 13.6. The van der Waals surface area contributed by atoms with E-state index >= 15 is 0 Å². The van der Waals surface area contributed by atoms with E-state index in [1.165, 1.54) is 21.8 Å². The van der Waals surface area contributed by atoms with E-state index in [1.807, 2.05) is 30.4 Å². The molecule has 0 fully saturated rings. The lowest BCUT2D eigenvalue weighted by molar-refractivity contribution is 0.598. The molecule has 3 nitrogen and oxygen atoms in total. The van der Waals surface area contributed by atoms with Gasteiger partial charge in [0.15, 0.2) is 0 Å². The molecule has 1 aliphatic carbocycles. The van der Waals surface area contributed by atoms with Crippen LogP contribution in [0, 0.1) is 0 Å². The highest BCUT2D eigenvalue weighted by Gasteiger charge is 2.26. The second kappa shape index (κ2) is 12.7. The number of aromatic nitrogens is 1. The molecule has 0 bridgehead atoms. The summed E-state index contributed by atoms with van der Waals surface area (Å²) >= 11 is 0. The van der Waals surface area contributed by atoms with E-state index < -0.39 is 0 Å². The minimum Gasteiger partial charge on any atom is -0.456 e. The van der Waals surface area contributed by atoms with Gasteiger partial charge in [0.25, 0.3) is 0 Å². The van der Waals surface area contributed by atoms with Crippen molar-refractivity contribution in [2.75, 3.05) is 0 Å². The van der Waals surface area contributed by atoms with Gasteiger partial charge in [0.05, 0.1) is 11.0 Å². The van der Waals surface area contributed by atoms with Gasteiger partial charge in [-0.15, -0.1) is 0 Å². The Morgan fingerprint density at radius 2 is 1.35 bits per heavy atom. The Hall–Kier alpha value is -6.58. The Morgan fingerprint density at radius 1 is 0.627 bits per heavy atom. The SMILES string of the molecule is C=C/C=C/C=C(\C1=CCCC=C1)c1oc2ccccc2c1-c1c(C=C)oc2ccc(-c3ccc4c(c3)c3ccccc3n4-c3ccccc3)cc12. The smallest absolute Gasteiger partial charge is 0.143 e. The van der Waals surface area contributed by atoms with Crippen molar-refractivity contribution >= 4 is 55.4 Å². The first-order valence-corrected chi connectivity index (χ1v) is 17.4. The highest BCUT2D eigenvalue weighted by Crippen LogP contribution is 2.47. The van der Waals surface area contributed by atoms with Crippen molar-refractivity contribution in [1.29, 1.82) is 0 Å². The molecule has 8 aromatic rings. The van der Waals surface area contributed by atoms with Gasteiger partial charge < -0.3 is 13.4 Å². The molecule has 0 aliphatic heterocycles. The van der Waals surface area contributed by atoms with Crippen LogP contribution in [0.3, 0.4) is 0 Å². The number of para-hydroxylation sites is 3. The van der Waals surface area contributed by atoms with Crippen LogP contribution >= 0.6 is 0 Å². The van der Waals surface area contributed by atoms with Crippen LogP contribution in [0.25, 0.3) is 83.3 Å². The van der Waals surface area contributed by atoms with Crippen LogP contribution in [0.5, 0.6) is 0 Å². The highest BCUT2D eigenvalue weighted by molar-refractivity contribution is 6.13. The number of hydrogen-bond acceptors (Lipinski definition) is 2. The first kappa shape index (κ1) is 30.5. The van der Waals surface area contributed by atoms with Crippen LogP contribution in [0.1, 0.15) is 24.4 Å². The van der Waals surface area contributed by atoms with Crippen molar-refractivity contribution in [3.05, 3.63) is 188 Å². The van der Waals surface area contributed by atoms with Gasteiger partial charge in [-0.05, 0) is 84.1 Å². The molecule has 9 rings (SSSR count). The topological polar surface area (TPSA) is 31.2 Å². The van der Waals surface area contributed by atoms with Crippen LogP contribution in [0.2, 0.25) is 0 Å². The van der Waals surface area contributed by atoms with Crippen molar-refractivity contribution in [2.24, 2.45) is 0 Å². The third-order valence-corrected chi connectivity index (χ3v) is 9.83. The monoisotopic (exact) mass is 657 g/mol. The second-order valence-corrected chi connectivity index (χ2v) is 12.8. The van der Waals surface area contributed by atoms with E-state index in [2.05, 4.69) is 145 Å². The molecular formula is C48H35NO2. The molecule has 3 aromatic heterocycles. The number of fused-ring (bicyclic) bond motifs is 5. The molecule has 1 aliphatic rings. The van der Waals surface area contributed by atoms with E-state index in [0.717, 1.165) is 79.6 Å². The lowest BCUT2D eigenvalue weighted by atomic mass is 9.90. The lowest BCUT2D eigenvalue weighted by Gasteiger charge is -2.12. The van der Waals surface area contributed by atoms with Crippen molar-refractivity contribution < 1.29 is 8.83 Å². The Kier molecular flexibility index (Phi) is 7.59. The van der Waals surface area contributed by atoms with E-state index in [1.54, 1.807) is 6.08 Å². The molecule has 3 heteroatoms. The molecule has 0 amide bonds. The summed E-state index contributed by atoms with van der Waals surface area (Å²) in [6.45, 7) is 8.07. The van der Waals surface area contributed by atoms with Crippen LogP contribution in [-0.4, -0.2) is 4.57 Å². The number of nitrogens with zero attached hydrogens (tertiary/aromatic N) is 1. The van der Waals surface area contributed by atoms with E-state index in [-0.39, 0.29) is 0 Å². The summed E-state index contributed by atoms with van der Waals surface area (Å²) in [5.74, 6) is 1.51. The number of rotatable bonds is 8. The minimum atomic E-state index is 0.713. The van der Waals surface area contributed by atoms with Crippen LogP contribution in [-0.2, 0) is 0 Å². The Morgan fingerprint density at radius 3 is 2.16 bits per heavy atom. The van der Waals surface area contributed by atoms with Gasteiger partial charge in [0.2, 0.25) is 0 Å².